The highest BCUT2D eigenvalue weighted by Gasteiger charge is 2.27. The smallest absolute Gasteiger partial charge is 0.0620 e. The number of hydrogen-bond donors (Lipinski definition) is 0. The fraction of sp³-hybridized carbons (Fsp3) is 0.296. The van der Waals surface area contributed by atoms with E-state index in [1.54, 1.807) is 0 Å². The van der Waals surface area contributed by atoms with E-state index in [1.165, 1.54) is 60.7 Å². The lowest BCUT2D eigenvalue weighted by Gasteiger charge is -2.33. The zero-order valence-electron chi connectivity index (χ0n) is 35.8. The molecule has 7 rings (SSSR count). The second-order valence-electron chi connectivity index (χ2n) is 19.1. The molecule has 0 saturated carbocycles. The SMILES string of the molecule is Cc1ccc2c(N(c3ccc(C(C)C)cc3)c3ccc(C(C)(C)C)cc3)c3ccccc3c(N(c3ccc(C(C)(C)C)cc3)c3ccc(C(C)(C)C)cc3)c2c1. The molecule has 7 aromatic rings. The molecule has 0 fully saturated rings. The molecule has 2 nitrogen and oxygen atoms in total. The third-order valence-corrected chi connectivity index (χ3v) is 11.4. The van der Waals surface area contributed by atoms with Gasteiger partial charge in [-0.15, -0.1) is 0 Å². The van der Waals surface area contributed by atoms with Crippen molar-refractivity contribution < 1.29 is 0 Å². The minimum absolute atomic E-state index is 0.0534. The normalized spacial score (nSPS) is 12.4. The van der Waals surface area contributed by atoms with E-state index in [9.17, 15) is 0 Å². The third kappa shape index (κ3) is 7.59. The van der Waals surface area contributed by atoms with Crippen LogP contribution in [-0.4, -0.2) is 0 Å². The molecule has 0 radical (unpaired) electrons. The summed E-state index contributed by atoms with van der Waals surface area (Å²) in [6.45, 7) is 27.3. The van der Waals surface area contributed by atoms with Gasteiger partial charge in [-0.2, -0.15) is 0 Å². The Morgan fingerprint density at radius 1 is 0.375 bits per heavy atom. The Morgan fingerprint density at radius 3 is 1.04 bits per heavy atom. The van der Waals surface area contributed by atoms with Gasteiger partial charge >= 0.3 is 0 Å². The van der Waals surface area contributed by atoms with Crippen molar-refractivity contribution >= 4 is 55.7 Å². The number of fused-ring (bicyclic) bond motifs is 2. The van der Waals surface area contributed by atoms with Gasteiger partial charge in [0.05, 0.1) is 11.4 Å². The summed E-state index contributed by atoms with van der Waals surface area (Å²) in [5, 5.41) is 4.83. The van der Waals surface area contributed by atoms with Crippen molar-refractivity contribution in [2.24, 2.45) is 0 Å². The van der Waals surface area contributed by atoms with E-state index in [1.807, 2.05) is 0 Å². The second-order valence-corrected chi connectivity index (χ2v) is 19.1. The molecule has 0 aromatic heterocycles. The number of anilines is 6. The highest BCUT2D eigenvalue weighted by molar-refractivity contribution is 6.23. The summed E-state index contributed by atoms with van der Waals surface area (Å²) in [7, 11) is 0. The van der Waals surface area contributed by atoms with Gasteiger partial charge in [0.15, 0.2) is 0 Å². The van der Waals surface area contributed by atoms with Crippen LogP contribution in [0.1, 0.15) is 110 Å². The fourth-order valence-electron chi connectivity index (χ4n) is 7.88. The minimum Gasteiger partial charge on any atom is -0.309 e. The van der Waals surface area contributed by atoms with Crippen LogP contribution in [0.4, 0.5) is 34.1 Å². The van der Waals surface area contributed by atoms with Gasteiger partial charge in [-0.1, -0.05) is 167 Å². The van der Waals surface area contributed by atoms with Crippen molar-refractivity contribution in [3.8, 4) is 0 Å². The summed E-state index contributed by atoms with van der Waals surface area (Å²) in [6, 6.07) is 52.9. The molecule has 0 aliphatic carbocycles. The molecule has 0 bridgehead atoms. The molecule has 2 heteroatoms. The first kappa shape index (κ1) is 38.9. The summed E-state index contributed by atoms with van der Waals surface area (Å²) < 4.78 is 0. The molecule has 286 valence electrons. The maximum Gasteiger partial charge on any atom is 0.0620 e. The first-order valence-electron chi connectivity index (χ1n) is 20.4. The molecule has 7 aromatic carbocycles. The van der Waals surface area contributed by atoms with Gasteiger partial charge in [0.2, 0.25) is 0 Å². The van der Waals surface area contributed by atoms with Crippen LogP contribution < -0.4 is 9.80 Å². The average molecular weight is 737 g/mol. The van der Waals surface area contributed by atoms with Crippen LogP contribution in [0.25, 0.3) is 21.5 Å². The van der Waals surface area contributed by atoms with Gasteiger partial charge in [0.25, 0.3) is 0 Å². The van der Waals surface area contributed by atoms with E-state index in [-0.39, 0.29) is 16.2 Å². The number of hydrogen-bond acceptors (Lipinski definition) is 2. The lowest BCUT2D eigenvalue weighted by molar-refractivity contribution is 0.590. The second kappa shape index (κ2) is 14.6. The van der Waals surface area contributed by atoms with E-state index >= 15 is 0 Å². The molecule has 0 aliphatic heterocycles. The van der Waals surface area contributed by atoms with E-state index in [2.05, 4.69) is 232 Å². The van der Waals surface area contributed by atoms with Gasteiger partial charge in [0, 0.05) is 44.3 Å². The molecule has 0 unspecified atom stereocenters. The predicted octanol–water partition coefficient (Wildman–Crippen LogP) is 16.3. The first-order chi connectivity index (χ1) is 26.4. The molecule has 0 N–H and O–H groups in total. The number of rotatable bonds is 7. The number of nitrogens with zero attached hydrogens (tertiary/aromatic N) is 2. The van der Waals surface area contributed by atoms with Gasteiger partial charge in [0.1, 0.15) is 0 Å². The Morgan fingerprint density at radius 2 is 0.696 bits per heavy atom. The molecule has 0 saturated heterocycles. The van der Waals surface area contributed by atoms with Crippen LogP contribution >= 0.6 is 0 Å². The van der Waals surface area contributed by atoms with E-state index in [0.29, 0.717) is 5.92 Å². The number of aryl methyl sites for hydroxylation is 1. The van der Waals surface area contributed by atoms with Crippen LogP contribution in [0.3, 0.4) is 0 Å². The third-order valence-electron chi connectivity index (χ3n) is 11.4. The molecule has 0 spiro atoms. The Bertz CT molecular complexity index is 2410. The fourth-order valence-corrected chi connectivity index (χ4v) is 7.88. The van der Waals surface area contributed by atoms with E-state index in [0.717, 1.165) is 22.7 Å². The van der Waals surface area contributed by atoms with Gasteiger partial charge < -0.3 is 9.80 Å². The predicted molar refractivity (Wildman–Crippen MR) is 246 cm³/mol. The van der Waals surface area contributed by atoms with Crippen LogP contribution in [0.2, 0.25) is 0 Å². The summed E-state index contributed by atoms with van der Waals surface area (Å²) in [6.07, 6.45) is 0. The highest BCUT2D eigenvalue weighted by Crippen LogP contribution is 2.51. The van der Waals surface area contributed by atoms with Crippen molar-refractivity contribution in [1.29, 1.82) is 0 Å². The monoisotopic (exact) mass is 736 g/mol. The summed E-state index contributed by atoms with van der Waals surface area (Å²) in [4.78, 5) is 4.98. The maximum absolute atomic E-state index is 2.49. The maximum atomic E-state index is 2.49. The Labute approximate surface area is 336 Å². The average Bonchev–Trinajstić information content (AvgIpc) is 3.15. The van der Waals surface area contributed by atoms with Gasteiger partial charge in [-0.3, -0.25) is 0 Å². The summed E-state index contributed by atoms with van der Waals surface area (Å²) in [5.41, 5.74) is 13.6. The van der Waals surface area contributed by atoms with E-state index < -0.39 is 0 Å². The molecule has 0 amide bonds. The lowest BCUT2D eigenvalue weighted by Crippen LogP contribution is -2.16. The van der Waals surface area contributed by atoms with E-state index in [4.69, 9.17) is 0 Å². The van der Waals surface area contributed by atoms with Crippen LogP contribution in [0, 0.1) is 6.92 Å². The van der Waals surface area contributed by atoms with Crippen LogP contribution in [0.5, 0.6) is 0 Å². The summed E-state index contributed by atoms with van der Waals surface area (Å²) in [5.74, 6) is 0.452. The van der Waals surface area contributed by atoms with Gasteiger partial charge in [-0.25, -0.2) is 0 Å². The zero-order valence-corrected chi connectivity index (χ0v) is 35.8. The standard InChI is InChI=1S/C54H60N2/c1-36(2)38-18-26-42(27-19-38)55(43-28-20-39(21-29-43)52(4,5)6)50-46-15-13-14-16-47(46)51(49-35-37(3)17-34-48(49)50)56(44-30-22-40(23-31-44)53(7,8)9)45-32-24-41(25-33-45)54(10,11)12/h13-36H,1-12H3. The van der Waals surface area contributed by atoms with Crippen molar-refractivity contribution in [2.75, 3.05) is 9.80 Å². The largest absolute Gasteiger partial charge is 0.309 e. The quantitative estimate of drug-likeness (QED) is 0.119. The molecular weight excluding hydrogens is 677 g/mol. The van der Waals surface area contributed by atoms with Crippen molar-refractivity contribution in [2.45, 2.75) is 105 Å². The van der Waals surface area contributed by atoms with Gasteiger partial charge in [-0.05, 0) is 106 Å². The topological polar surface area (TPSA) is 6.48 Å². The number of benzene rings is 7. The zero-order chi connectivity index (χ0) is 40.2. The Hall–Kier alpha value is -5.34. The first-order valence-corrected chi connectivity index (χ1v) is 20.4. The molecule has 0 atom stereocenters. The van der Waals surface area contributed by atoms with Crippen molar-refractivity contribution in [3.05, 3.63) is 167 Å². The summed E-state index contributed by atoms with van der Waals surface area (Å²) >= 11 is 0. The minimum atomic E-state index is 0.0534. The van der Waals surface area contributed by atoms with Crippen LogP contribution in [-0.2, 0) is 16.2 Å². The molecule has 0 heterocycles. The van der Waals surface area contributed by atoms with Crippen molar-refractivity contribution in [3.63, 3.8) is 0 Å². The lowest BCUT2D eigenvalue weighted by atomic mass is 9.86. The Kier molecular flexibility index (Phi) is 10.2. The molecule has 0 aliphatic rings. The molecular formula is C54H60N2. The molecule has 56 heavy (non-hydrogen) atoms. The highest BCUT2D eigenvalue weighted by atomic mass is 15.2. The van der Waals surface area contributed by atoms with Crippen molar-refractivity contribution in [1.82, 2.24) is 0 Å². The Balaban J connectivity index is 1.57. The van der Waals surface area contributed by atoms with Crippen LogP contribution in [0.15, 0.2) is 140 Å².